The SMILES string of the molecule is Cc1cccc(COP(=O)(CO[C@H](C)Cn2cnc3c(N)ncnc32)N[C@@H](C)C(=O)OC(C)C)c1. The van der Waals surface area contributed by atoms with Gasteiger partial charge >= 0.3 is 5.97 Å². The summed E-state index contributed by atoms with van der Waals surface area (Å²) in [6, 6.07) is 6.85. The fourth-order valence-electron chi connectivity index (χ4n) is 3.36. The maximum atomic E-state index is 13.7. The van der Waals surface area contributed by atoms with Gasteiger partial charge in [-0.3, -0.25) is 9.36 Å². The number of carbonyl (C=O) groups is 1. The first-order chi connectivity index (χ1) is 16.6. The van der Waals surface area contributed by atoms with E-state index in [0.29, 0.717) is 23.5 Å². The van der Waals surface area contributed by atoms with Crippen molar-refractivity contribution in [2.75, 3.05) is 12.1 Å². The Bertz CT molecular complexity index is 1200. The molecule has 0 saturated heterocycles. The van der Waals surface area contributed by atoms with E-state index in [1.165, 1.54) is 6.33 Å². The number of anilines is 1. The van der Waals surface area contributed by atoms with E-state index in [1.807, 2.05) is 38.1 Å². The Morgan fingerprint density at radius 1 is 1.20 bits per heavy atom. The van der Waals surface area contributed by atoms with E-state index in [-0.39, 0.29) is 25.2 Å². The van der Waals surface area contributed by atoms with Crippen LogP contribution in [0.25, 0.3) is 11.2 Å². The molecule has 3 aromatic rings. The van der Waals surface area contributed by atoms with Crippen LogP contribution in [0.2, 0.25) is 0 Å². The maximum Gasteiger partial charge on any atom is 0.323 e. The van der Waals surface area contributed by atoms with Crippen LogP contribution >= 0.6 is 7.52 Å². The van der Waals surface area contributed by atoms with Crippen molar-refractivity contribution in [2.24, 2.45) is 0 Å². The van der Waals surface area contributed by atoms with Crippen LogP contribution in [0, 0.1) is 6.92 Å². The van der Waals surface area contributed by atoms with Crippen LogP contribution in [-0.4, -0.2) is 50.1 Å². The number of nitrogens with zero attached hydrogens (tertiary/aromatic N) is 4. The number of nitrogens with two attached hydrogens (primary N) is 1. The summed E-state index contributed by atoms with van der Waals surface area (Å²) in [4.78, 5) is 24.7. The minimum atomic E-state index is -3.60. The third-order valence-corrected chi connectivity index (χ3v) is 6.85. The van der Waals surface area contributed by atoms with Crippen molar-refractivity contribution >= 4 is 30.5 Å². The molecule has 0 amide bonds. The van der Waals surface area contributed by atoms with Crippen LogP contribution in [0.15, 0.2) is 36.9 Å². The fourth-order valence-corrected chi connectivity index (χ4v) is 5.09. The van der Waals surface area contributed by atoms with E-state index in [2.05, 4.69) is 20.0 Å². The molecule has 2 aromatic heterocycles. The summed E-state index contributed by atoms with van der Waals surface area (Å²) in [5.41, 5.74) is 8.85. The minimum Gasteiger partial charge on any atom is -0.462 e. The second-order valence-electron chi connectivity index (χ2n) is 8.71. The normalized spacial score (nSPS) is 15.1. The molecular formula is C23H33N6O5P. The van der Waals surface area contributed by atoms with Gasteiger partial charge in [0.15, 0.2) is 11.5 Å². The third-order valence-electron chi connectivity index (χ3n) is 5.03. The lowest BCUT2D eigenvalue weighted by Gasteiger charge is -2.25. The smallest absolute Gasteiger partial charge is 0.323 e. The largest absolute Gasteiger partial charge is 0.462 e. The Hall–Kier alpha value is -2.85. The first-order valence-corrected chi connectivity index (χ1v) is 13.2. The van der Waals surface area contributed by atoms with E-state index in [0.717, 1.165) is 11.1 Å². The Kier molecular flexibility index (Phi) is 8.96. The lowest BCUT2D eigenvalue weighted by Crippen LogP contribution is -2.36. The molecule has 0 saturated carbocycles. The molecule has 0 aliphatic heterocycles. The number of aromatic nitrogens is 4. The molecule has 190 valence electrons. The number of imidazole rings is 1. The Labute approximate surface area is 204 Å². The monoisotopic (exact) mass is 504 g/mol. The average molecular weight is 505 g/mol. The summed E-state index contributed by atoms with van der Waals surface area (Å²) in [5, 5.41) is 2.81. The van der Waals surface area contributed by atoms with Crippen LogP contribution in [0.1, 0.15) is 38.8 Å². The average Bonchev–Trinajstić information content (AvgIpc) is 3.20. The zero-order chi connectivity index (χ0) is 25.6. The Balaban J connectivity index is 1.68. The summed E-state index contributed by atoms with van der Waals surface area (Å²) in [7, 11) is -3.60. The van der Waals surface area contributed by atoms with E-state index >= 15 is 0 Å². The van der Waals surface area contributed by atoms with Gasteiger partial charge in [0.2, 0.25) is 0 Å². The van der Waals surface area contributed by atoms with Gasteiger partial charge in [-0.2, -0.15) is 0 Å². The number of fused-ring (bicyclic) bond motifs is 1. The first kappa shape index (κ1) is 26.7. The molecule has 1 aromatic carbocycles. The standard InChI is InChI=1S/C23H33N6O5P/c1-15(2)34-23(30)18(5)28-35(31,33-11-19-8-6-7-16(3)9-19)14-32-17(4)10-29-13-27-20-21(24)25-12-26-22(20)29/h6-9,12-13,15,17-18H,10-11,14H2,1-5H3,(H,28,31)(H2,24,25,26)/t17-,18+,35?/m1/s1. The number of nitrogens with one attached hydrogen (secondary N) is 1. The van der Waals surface area contributed by atoms with Crippen molar-refractivity contribution in [3.8, 4) is 0 Å². The van der Waals surface area contributed by atoms with Crippen LogP contribution in [0.5, 0.6) is 0 Å². The summed E-state index contributed by atoms with van der Waals surface area (Å²) in [6.07, 6.45) is 2.06. The maximum absolute atomic E-state index is 13.7. The second kappa shape index (κ2) is 11.7. The molecule has 3 N–H and O–H groups in total. The van der Waals surface area contributed by atoms with Crippen LogP contribution in [0.4, 0.5) is 5.82 Å². The molecule has 2 heterocycles. The molecule has 3 rings (SSSR count). The molecule has 0 fully saturated rings. The molecule has 0 aliphatic carbocycles. The highest BCUT2D eigenvalue weighted by Crippen LogP contribution is 2.44. The first-order valence-electron chi connectivity index (χ1n) is 11.4. The zero-order valence-corrected chi connectivity index (χ0v) is 21.6. The molecule has 11 nitrogen and oxygen atoms in total. The van der Waals surface area contributed by atoms with Gasteiger partial charge in [0, 0.05) is 0 Å². The predicted octanol–water partition coefficient (Wildman–Crippen LogP) is 3.42. The highest BCUT2D eigenvalue weighted by molar-refractivity contribution is 7.56. The van der Waals surface area contributed by atoms with Gasteiger partial charge in [0.05, 0.1) is 31.7 Å². The highest BCUT2D eigenvalue weighted by Gasteiger charge is 2.31. The van der Waals surface area contributed by atoms with Gasteiger partial charge in [-0.1, -0.05) is 29.8 Å². The minimum absolute atomic E-state index is 0.0952. The van der Waals surface area contributed by atoms with E-state index in [1.54, 1.807) is 31.7 Å². The van der Waals surface area contributed by atoms with Gasteiger partial charge in [-0.25, -0.2) is 20.0 Å². The molecule has 0 radical (unpaired) electrons. The van der Waals surface area contributed by atoms with Gasteiger partial charge in [-0.15, -0.1) is 0 Å². The predicted molar refractivity (Wildman–Crippen MR) is 133 cm³/mol. The Morgan fingerprint density at radius 2 is 1.97 bits per heavy atom. The zero-order valence-electron chi connectivity index (χ0n) is 20.7. The molecule has 0 spiro atoms. The Morgan fingerprint density at radius 3 is 2.69 bits per heavy atom. The quantitative estimate of drug-likeness (QED) is 0.278. The summed E-state index contributed by atoms with van der Waals surface area (Å²) >= 11 is 0. The van der Waals surface area contributed by atoms with Gasteiger partial charge < -0.3 is 24.3 Å². The lowest BCUT2D eigenvalue weighted by molar-refractivity contribution is -0.149. The number of ether oxygens (including phenoxy) is 2. The number of benzene rings is 1. The summed E-state index contributed by atoms with van der Waals surface area (Å²) < 4.78 is 32.5. The number of hydrogen-bond acceptors (Lipinski definition) is 9. The van der Waals surface area contributed by atoms with E-state index < -0.39 is 19.5 Å². The number of nitrogen functional groups attached to an aromatic ring is 1. The number of esters is 1. The summed E-state index contributed by atoms with van der Waals surface area (Å²) in [5.74, 6) is -0.225. The summed E-state index contributed by atoms with van der Waals surface area (Å²) in [6.45, 7) is 9.36. The van der Waals surface area contributed by atoms with Gasteiger partial charge in [-0.05, 0) is 40.2 Å². The van der Waals surface area contributed by atoms with Crippen LogP contribution in [-0.2, 0) is 36.5 Å². The van der Waals surface area contributed by atoms with Gasteiger partial charge in [0.25, 0.3) is 7.52 Å². The molecule has 3 atom stereocenters. The molecule has 1 unspecified atom stereocenters. The molecule has 35 heavy (non-hydrogen) atoms. The van der Waals surface area contributed by atoms with Crippen molar-refractivity contribution in [1.29, 1.82) is 0 Å². The number of aryl methyl sites for hydroxylation is 1. The van der Waals surface area contributed by atoms with Crippen molar-refractivity contribution < 1.29 is 23.4 Å². The number of hydrogen-bond donors (Lipinski definition) is 2. The topological polar surface area (TPSA) is 143 Å². The van der Waals surface area contributed by atoms with E-state index in [4.69, 9.17) is 19.7 Å². The highest BCUT2D eigenvalue weighted by atomic mass is 31.2. The molecule has 0 bridgehead atoms. The molecule has 0 aliphatic rings. The van der Waals surface area contributed by atoms with Gasteiger partial charge in [0.1, 0.15) is 24.2 Å². The molecule has 12 heteroatoms. The number of carbonyl (C=O) groups excluding carboxylic acids is 1. The third kappa shape index (κ3) is 7.57. The fraction of sp³-hybridized carbons (Fsp3) is 0.478. The number of rotatable bonds is 12. The van der Waals surface area contributed by atoms with E-state index in [9.17, 15) is 9.36 Å². The second-order valence-corrected chi connectivity index (χ2v) is 10.8. The molecular weight excluding hydrogens is 471 g/mol. The van der Waals surface area contributed by atoms with Crippen molar-refractivity contribution in [2.45, 2.75) is 66.0 Å². The van der Waals surface area contributed by atoms with Crippen molar-refractivity contribution in [3.63, 3.8) is 0 Å². The lowest BCUT2D eigenvalue weighted by atomic mass is 10.1. The van der Waals surface area contributed by atoms with Crippen molar-refractivity contribution in [1.82, 2.24) is 24.6 Å². The van der Waals surface area contributed by atoms with Crippen LogP contribution in [0.3, 0.4) is 0 Å². The van der Waals surface area contributed by atoms with Crippen LogP contribution < -0.4 is 10.8 Å². The van der Waals surface area contributed by atoms with Crippen molar-refractivity contribution in [3.05, 3.63) is 48.0 Å².